The lowest BCUT2D eigenvalue weighted by Crippen LogP contribution is -2.26. The van der Waals surface area contributed by atoms with E-state index in [0.29, 0.717) is 0 Å². The van der Waals surface area contributed by atoms with Gasteiger partial charge in [0.1, 0.15) is 6.04 Å². The Bertz CT molecular complexity index is 465. The molecule has 5 heteroatoms. The van der Waals surface area contributed by atoms with Crippen LogP contribution in [0.25, 0.3) is 0 Å². The molecular weight excluding hydrogens is 226 g/mol. The van der Waals surface area contributed by atoms with Crippen LogP contribution < -0.4 is 5.32 Å². The van der Waals surface area contributed by atoms with Crippen molar-refractivity contribution in [3.8, 4) is 0 Å². The van der Waals surface area contributed by atoms with Crippen molar-refractivity contribution in [3.05, 3.63) is 42.2 Å². The second kappa shape index (κ2) is 6.26. The molecule has 0 aliphatic heterocycles. The summed E-state index contributed by atoms with van der Waals surface area (Å²) < 4.78 is 2.02. The van der Waals surface area contributed by atoms with Gasteiger partial charge in [0.05, 0.1) is 5.69 Å². The quantitative estimate of drug-likeness (QED) is 0.843. The number of rotatable bonds is 6. The fourth-order valence-electron chi connectivity index (χ4n) is 1.98. The smallest absolute Gasteiger partial charge is 0.151 e. The van der Waals surface area contributed by atoms with E-state index in [1.54, 1.807) is 12.4 Å². The van der Waals surface area contributed by atoms with E-state index < -0.39 is 0 Å². The molecule has 2 aromatic heterocycles. The lowest BCUT2D eigenvalue weighted by Gasteiger charge is -2.17. The molecule has 2 rings (SSSR count). The predicted octanol–water partition coefficient (Wildman–Crippen LogP) is 1.78. The molecule has 5 nitrogen and oxygen atoms in total. The van der Waals surface area contributed by atoms with Gasteiger partial charge < -0.3 is 5.32 Å². The molecule has 0 bridgehead atoms. The van der Waals surface area contributed by atoms with Crippen LogP contribution >= 0.6 is 0 Å². The largest absolute Gasteiger partial charge is 0.303 e. The van der Waals surface area contributed by atoms with Crippen LogP contribution in [0.5, 0.6) is 0 Å². The van der Waals surface area contributed by atoms with Gasteiger partial charge in [-0.15, -0.1) is 0 Å². The van der Waals surface area contributed by atoms with Crippen molar-refractivity contribution < 1.29 is 0 Å². The lowest BCUT2D eigenvalue weighted by atomic mass is 10.2. The fraction of sp³-hybridized carbons (Fsp3) is 0.462. The minimum absolute atomic E-state index is 0.00486. The van der Waals surface area contributed by atoms with Gasteiger partial charge in [-0.25, -0.2) is 9.97 Å². The maximum Gasteiger partial charge on any atom is 0.151 e. The van der Waals surface area contributed by atoms with E-state index in [2.05, 4.69) is 34.2 Å². The average Bonchev–Trinajstić information content (AvgIpc) is 2.85. The Morgan fingerprint density at radius 3 is 2.67 bits per heavy atom. The highest BCUT2D eigenvalue weighted by molar-refractivity contribution is 5.16. The molecule has 2 heterocycles. The first-order chi connectivity index (χ1) is 8.86. The normalized spacial score (nSPS) is 12.6. The SMILES string of the molecule is CCCn1nccc1C(NCC)c1ncccn1. The van der Waals surface area contributed by atoms with Crippen molar-refractivity contribution >= 4 is 0 Å². The van der Waals surface area contributed by atoms with Gasteiger partial charge in [0, 0.05) is 25.1 Å². The summed E-state index contributed by atoms with van der Waals surface area (Å²) >= 11 is 0. The topological polar surface area (TPSA) is 55.6 Å². The van der Waals surface area contributed by atoms with Gasteiger partial charge in [-0.1, -0.05) is 13.8 Å². The van der Waals surface area contributed by atoms with Crippen molar-refractivity contribution in [2.24, 2.45) is 0 Å². The summed E-state index contributed by atoms with van der Waals surface area (Å²) in [4.78, 5) is 8.68. The second-order valence-corrected chi connectivity index (χ2v) is 4.08. The third kappa shape index (κ3) is 2.73. The highest BCUT2D eigenvalue weighted by Gasteiger charge is 2.19. The Hall–Kier alpha value is -1.75. The van der Waals surface area contributed by atoms with E-state index in [1.807, 2.05) is 23.0 Å². The van der Waals surface area contributed by atoms with Crippen LogP contribution in [0.15, 0.2) is 30.7 Å². The van der Waals surface area contributed by atoms with Gasteiger partial charge in [0.25, 0.3) is 0 Å². The molecule has 1 N–H and O–H groups in total. The Morgan fingerprint density at radius 2 is 2.00 bits per heavy atom. The van der Waals surface area contributed by atoms with Crippen LogP contribution in [-0.4, -0.2) is 26.3 Å². The highest BCUT2D eigenvalue weighted by Crippen LogP contribution is 2.18. The van der Waals surface area contributed by atoms with E-state index in [0.717, 1.165) is 31.0 Å². The first kappa shape index (κ1) is 12.7. The van der Waals surface area contributed by atoms with Gasteiger partial charge in [0.15, 0.2) is 5.82 Å². The van der Waals surface area contributed by atoms with Crippen molar-refractivity contribution in [3.63, 3.8) is 0 Å². The van der Waals surface area contributed by atoms with Crippen LogP contribution in [0.1, 0.15) is 37.8 Å². The van der Waals surface area contributed by atoms with Gasteiger partial charge in [-0.3, -0.25) is 4.68 Å². The number of nitrogens with one attached hydrogen (secondary N) is 1. The molecule has 0 amide bonds. The molecule has 18 heavy (non-hydrogen) atoms. The first-order valence-electron chi connectivity index (χ1n) is 6.38. The standard InChI is InChI=1S/C13H19N5/c1-3-10-18-11(6-9-17-18)12(14-4-2)13-15-7-5-8-16-13/h5-9,12,14H,3-4,10H2,1-2H3. The van der Waals surface area contributed by atoms with E-state index in [9.17, 15) is 0 Å². The van der Waals surface area contributed by atoms with Crippen molar-refractivity contribution in [1.82, 2.24) is 25.1 Å². The lowest BCUT2D eigenvalue weighted by molar-refractivity contribution is 0.507. The zero-order valence-corrected chi connectivity index (χ0v) is 10.9. The minimum Gasteiger partial charge on any atom is -0.303 e. The molecule has 0 aliphatic carbocycles. The highest BCUT2D eigenvalue weighted by atomic mass is 15.3. The number of aromatic nitrogens is 4. The van der Waals surface area contributed by atoms with Crippen LogP contribution in [0, 0.1) is 0 Å². The second-order valence-electron chi connectivity index (χ2n) is 4.08. The summed E-state index contributed by atoms with van der Waals surface area (Å²) in [7, 11) is 0. The van der Waals surface area contributed by atoms with Crippen LogP contribution in [0.2, 0.25) is 0 Å². The number of hydrogen-bond acceptors (Lipinski definition) is 4. The summed E-state index contributed by atoms with van der Waals surface area (Å²) in [5, 5.41) is 7.77. The van der Waals surface area contributed by atoms with E-state index in [-0.39, 0.29) is 6.04 Å². The molecule has 0 fully saturated rings. The Kier molecular flexibility index (Phi) is 4.41. The first-order valence-corrected chi connectivity index (χ1v) is 6.38. The molecular formula is C13H19N5. The molecule has 1 unspecified atom stereocenters. The van der Waals surface area contributed by atoms with Gasteiger partial charge >= 0.3 is 0 Å². The van der Waals surface area contributed by atoms with Gasteiger partial charge in [0.2, 0.25) is 0 Å². The van der Waals surface area contributed by atoms with Crippen LogP contribution in [0.4, 0.5) is 0 Å². The molecule has 0 saturated heterocycles. The van der Waals surface area contributed by atoms with Crippen LogP contribution in [-0.2, 0) is 6.54 Å². The third-order valence-electron chi connectivity index (χ3n) is 2.73. The van der Waals surface area contributed by atoms with Crippen molar-refractivity contribution in [2.45, 2.75) is 32.9 Å². The Labute approximate surface area is 107 Å². The summed E-state index contributed by atoms with van der Waals surface area (Å²) in [5.74, 6) is 0.789. The molecule has 0 spiro atoms. The monoisotopic (exact) mass is 245 g/mol. The average molecular weight is 245 g/mol. The maximum absolute atomic E-state index is 4.36. The zero-order chi connectivity index (χ0) is 12.8. The maximum atomic E-state index is 4.36. The van der Waals surface area contributed by atoms with Gasteiger partial charge in [-0.2, -0.15) is 5.10 Å². The number of hydrogen-bond donors (Lipinski definition) is 1. The molecule has 2 aromatic rings. The van der Waals surface area contributed by atoms with Gasteiger partial charge in [-0.05, 0) is 25.1 Å². The number of nitrogens with zero attached hydrogens (tertiary/aromatic N) is 4. The van der Waals surface area contributed by atoms with Crippen molar-refractivity contribution in [1.29, 1.82) is 0 Å². The summed E-state index contributed by atoms with van der Waals surface area (Å²) in [6.45, 7) is 6.00. The third-order valence-corrected chi connectivity index (χ3v) is 2.73. The summed E-state index contributed by atoms with van der Waals surface area (Å²) in [6, 6.07) is 3.86. The Morgan fingerprint density at radius 1 is 1.22 bits per heavy atom. The Balaban J connectivity index is 2.32. The van der Waals surface area contributed by atoms with E-state index in [4.69, 9.17) is 0 Å². The molecule has 0 radical (unpaired) electrons. The fourth-order valence-corrected chi connectivity index (χ4v) is 1.98. The predicted molar refractivity (Wildman–Crippen MR) is 70.1 cm³/mol. The van der Waals surface area contributed by atoms with Crippen LogP contribution in [0.3, 0.4) is 0 Å². The summed E-state index contributed by atoms with van der Waals surface area (Å²) in [6.07, 6.45) is 6.43. The zero-order valence-electron chi connectivity index (χ0n) is 10.9. The molecule has 0 saturated carbocycles. The molecule has 96 valence electrons. The number of aryl methyl sites for hydroxylation is 1. The van der Waals surface area contributed by atoms with Crippen molar-refractivity contribution in [2.75, 3.05) is 6.54 Å². The summed E-state index contributed by atoms with van der Waals surface area (Å²) in [5.41, 5.74) is 1.12. The minimum atomic E-state index is 0.00486. The van der Waals surface area contributed by atoms with E-state index >= 15 is 0 Å². The molecule has 0 aliphatic rings. The molecule has 0 aromatic carbocycles. The molecule has 1 atom stereocenters. The van der Waals surface area contributed by atoms with E-state index in [1.165, 1.54) is 0 Å².